The number of aryl methyl sites for hydroxylation is 1. The number of benzene rings is 1. The topological polar surface area (TPSA) is 82.9 Å². The third-order valence-electron chi connectivity index (χ3n) is 7.71. The minimum atomic E-state index is 0.191. The second-order valence-corrected chi connectivity index (χ2v) is 9.88. The first-order valence-electron chi connectivity index (χ1n) is 11.9. The highest BCUT2D eigenvalue weighted by atomic mass is 15.1. The van der Waals surface area contributed by atoms with Crippen LogP contribution >= 0.6 is 0 Å². The van der Waals surface area contributed by atoms with Crippen molar-refractivity contribution < 1.29 is 0 Å². The van der Waals surface area contributed by atoms with E-state index in [1.54, 1.807) is 0 Å². The Morgan fingerprint density at radius 3 is 2.87 bits per heavy atom. The van der Waals surface area contributed by atoms with E-state index in [1.807, 2.05) is 13.0 Å². The van der Waals surface area contributed by atoms with Gasteiger partial charge in [-0.15, -0.1) is 0 Å². The zero-order valence-corrected chi connectivity index (χ0v) is 18.3. The molecular weight excluding hydrogens is 384 g/mol. The van der Waals surface area contributed by atoms with Crippen LogP contribution in [0.4, 0.5) is 11.5 Å². The summed E-state index contributed by atoms with van der Waals surface area (Å²) in [6, 6.07) is 9.15. The molecule has 1 aromatic carbocycles. The summed E-state index contributed by atoms with van der Waals surface area (Å²) in [5.41, 5.74) is 13.0. The monoisotopic (exact) mass is 416 g/mol. The number of nitrogen functional groups attached to an aromatic ring is 1. The fourth-order valence-corrected chi connectivity index (χ4v) is 6.20. The van der Waals surface area contributed by atoms with E-state index in [2.05, 4.69) is 43.4 Å². The van der Waals surface area contributed by atoms with Crippen molar-refractivity contribution in [3.63, 3.8) is 0 Å². The Bertz CT molecular complexity index is 1120. The number of nitrogens with zero attached hydrogens (tertiary/aromatic N) is 3. The third kappa shape index (κ3) is 3.57. The van der Waals surface area contributed by atoms with Crippen LogP contribution < -0.4 is 11.1 Å². The molecule has 1 saturated carbocycles. The van der Waals surface area contributed by atoms with Crippen LogP contribution in [0.15, 0.2) is 24.3 Å². The average Bonchev–Trinajstić information content (AvgIpc) is 3.35. The van der Waals surface area contributed by atoms with E-state index < -0.39 is 0 Å². The number of piperidine rings is 1. The molecule has 2 fully saturated rings. The number of aromatic amines is 1. The molecule has 162 valence electrons. The van der Waals surface area contributed by atoms with Crippen molar-refractivity contribution >= 4 is 22.7 Å². The fraction of sp³-hybridized carbons (Fsp3) is 0.520. The van der Waals surface area contributed by atoms with Crippen molar-refractivity contribution in [1.29, 1.82) is 0 Å². The molecule has 6 nitrogen and oxygen atoms in total. The highest BCUT2D eigenvalue weighted by molar-refractivity contribution is 5.79. The zero-order valence-electron chi connectivity index (χ0n) is 18.3. The second kappa shape index (κ2) is 7.52. The maximum atomic E-state index is 6.08. The minimum Gasteiger partial charge on any atom is -0.384 e. The number of H-pyrrole nitrogens is 1. The van der Waals surface area contributed by atoms with Gasteiger partial charge in [0.2, 0.25) is 0 Å². The smallest absolute Gasteiger partial charge is 0.180 e. The molecular formula is C25H32N6. The predicted molar refractivity (Wildman–Crippen MR) is 125 cm³/mol. The molecule has 2 unspecified atom stereocenters. The molecule has 1 saturated heterocycles. The number of fused-ring (bicyclic) bond motifs is 3. The SMILES string of the molecule is Cc1nc2nc(N)cc(C3Cc4cc(CN5CCC6CCCC[C@H]6C5)ccc4N3)c2[nH]1. The van der Waals surface area contributed by atoms with Gasteiger partial charge in [0.15, 0.2) is 5.65 Å². The number of pyridine rings is 1. The quantitative estimate of drug-likeness (QED) is 0.583. The van der Waals surface area contributed by atoms with Gasteiger partial charge in [-0.25, -0.2) is 9.97 Å². The molecule has 6 rings (SSSR count). The number of likely N-dealkylation sites (tertiary alicyclic amines) is 1. The minimum absolute atomic E-state index is 0.191. The second-order valence-electron chi connectivity index (χ2n) is 9.88. The molecule has 4 heterocycles. The van der Waals surface area contributed by atoms with E-state index >= 15 is 0 Å². The zero-order chi connectivity index (χ0) is 20.9. The van der Waals surface area contributed by atoms with Crippen molar-refractivity contribution in [3.05, 3.63) is 46.8 Å². The van der Waals surface area contributed by atoms with E-state index in [9.17, 15) is 0 Å². The van der Waals surface area contributed by atoms with Crippen molar-refractivity contribution in [2.24, 2.45) is 11.8 Å². The standard InChI is InChI=1S/C25H32N6/c1-15-27-24-20(12-23(26)30-25(24)28-15)22-11-19-10-16(6-7-21(19)29-22)13-31-9-8-17-4-2-3-5-18(17)14-31/h6-7,10,12,17-18,22,29H,2-5,8-9,11,13-14H2,1H3,(H3,26,27,28,30)/t17?,18-,22?/m0/s1. The van der Waals surface area contributed by atoms with Crippen LogP contribution in [-0.2, 0) is 13.0 Å². The molecule has 2 aromatic heterocycles. The van der Waals surface area contributed by atoms with Gasteiger partial charge in [-0.1, -0.05) is 31.4 Å². The van der Waals surface area contributed by atoms with Crippen LogP contribution in [0, 0.1) is 18.8 Å². The largest absolute Gasteiger partial charge is 0.384 e. The van der Waals surface area contributed by atoms with E-state index in [4.69, 9.17) is 5.73 Å². The van der Waals surface area contributed by atoms with Gasteiger partial charge < -0.3 is 16.0 Å². The molecule has 31 heavy (non-hydrogen) atoms. The Kier molecular flexibility index (Phi) is 4.64. The number of hydrogen-bond acceptors (Lipinski definition) is 5. The Hall–Kier alpha value is -2.60. The van der Waals surface area contributed by atoms with Crippen LogP contribution in [0.25, 0.3) is 11.2 Å². The summed E-state index contributed by atoms with van der Waals surface area (Å²) in [7, 11) is 0. The fourth-order valence-electron chi connectivity index (χ4n) is 6.20. The van der Waals surface area contributed by atoms with Crippen molar-refractivity contribution in [2.75, 3.05) is 24.1 Å². The number of aromatic nitrogens is 3. The number of nitrogens with one attached hydrogen (secondary N) is 2. The Labute approximate surface area is 183 Å². The molecule has 3 atom stereocenters. The normalized spacial score (nSPS) is 25.9. The number of nitrogens with two attached hydrogens (primary N) is 1. The lowest BCUT2D eigenvalue weighted by Gasteiger charge is -2.41. The molecule has 2 aliphatic heterocycles. The molecule has 0 spiro atoms. The summed E-state index contributed by atoms with van der Waals surface area (Å²) in [5, 5.41) is 3.70. The first-order chi connectivity index (χ1) is 15.1. The molecule has 3 aliphatic rings. The van der Waals surface area contributed by atoms with E-state index in [0.717, 1.165) is 41.7 Å². The first-order valence-corrected chi connectivity index (χ1v) is 11.9. The number of rotatable bonds is 3. The van der Waals surface area contributed by atoms with Crippen LogP contribution in [0.1, 0.15) is 60.7 Å². The first kappa shape index (κ1) is 19.1. The van der Waals surface area contributed by atoms with Crippen LogP contribution in [0.3, 0.4) is 0 Å². The highest BCUT2D eigenvalue weighted by Gasteiger charge is 2.31. The van der Waals surface area contributed by atoms with Gasteiger partial charge in [0.05, 0.1) is 11.6 Å². The highest BCUT2D eigenvalue weighted by Crippen LogP contribution is 2.39. The van der Waals surface area contributed by atoms with Gasteiger partial charge in [0.25, 0.3) is 0 Å². The molecule has 3 aromatic rings. The lowest BCUT2D eigenvalue weighted by atomic mass is 9.75. The van der Waals surface area contributed by atoms with Gasteiger partial charge in [-0.2, -0.15) is 0 Å². The maximum absolute atomic E-state index is 6.08. The van der Waals surface area contributed by atoms with Gasteiger partial charge in [0.1, 0.15) is 11.6 Å². The number of imidazole rings is 1. The lowest BCUT2D eigenvalue weighted by molar-refractivity contribution is 0.0820. The lowest BCUT2D eigenvalue weighted by Crippen LogP contribution is -2.41. The summed E-state index contributed by atoms with van der Waals surface area (Å²) in [6.45, 7) is 5.58. The van der Waals surface area contributed by atoms with Crippen molar-refractivity contribution in [1.82, 2.24) is 19.9 Å². The summed E-state index contributed by atoms with van der Waals surface area (Å²) in [6.07, 6.45) is 8.14. The Morgan fingerprint density at radius 1 is 1.10 bits per heavy atom. The molecule has 6 heteroatoms. The van der Waals surface area contributed by atoms with Gasteiger partial charge in [-0.05, 0) is 67.8 Å². The molecule has 4 N–H and O–H groups in total. The molecule has 0 bridgehead atoms. The van der Waals surface area contributed by atoms with Crippen LogP contribution in [0.2, 0.25) is 0 Å². The summed E-state index contributed by atoms with van der Waals surface area (Å²) >= 11 is 0. The summed E-state index contributed by atoms with van der Waals surface area (Å²) in [5.74, 6) is 3.32. The summed E-state index contributed by atoms with van der Waals surface area (Å²) < 4.78 is 0. The van der Waals surface area contributed by atoms with Crippen LogP contribution in [-0.4, -0.2) is 32.9 Å². The van der Waals surface area contributed by atoms with E-state index in [1.165, 1.54) is 62.0 Å². The number of hydrogen-bond donors (Lipinski definition) is 3. The predicted octanol–water partition coefficient (Wildman–Crippen LogP) is 4.57. The van der Waals surface area contributed by atoms with Gasteiger partial charge >= 0.3 is 0 Å². The van der Waals surface area contributed by atoms with Gasteiger partial charge in [0, 0.05) is 24.3 Å². The van der Waals surface area contributed by atoms with Crippen molar-refractivity contribution in [2.45, 2.75) is 58.0 Å². The summed E-state index contributed by atoms with van der Waals surface area (Å²) in [4.78, 5) is 14.9. The van der Waals surface area contributed by atoms with Crippen molar-refractivity contribution in [3.8, 4) is 0 Å². The molecule has 0 amide bonds. The Balaban J connectivity index is 1.19. The number of anilines is 2. The van der Waals surface area contributed by atoms with E-state index in [0.29, 0.717) is 11.5 Å². The van der Waals surface area contributed by atoms with E-state index in [-0.39, 0.29) is 6.04 Å². The molecule has 1 aliphatic carbocycles. The average molecular weight is 417 g/mol. The van der Waals surface area contributed by atoms with Crippen LogP contribution in [0.5, 0.6) is 0 Å². The molecule has 0 radical (unpaired) electrons. The maximum Gasteiger partial charge on any atom is 0.180 e. The third-order valence-corrected chi connectivity index (χ3v) is 7.71. The Morgan fingerprint density at radius 2 is 1.97 bits per heavy atom. The van der Waals surface area contributed by atoms with Gasteiger partial charge in [-0.3, -0.25) is 4.90 Å².